The van der Waals surface area contributed by atoms with E-state index in [4.69, 9.17) is 42.2 Å². The first-order chi connectivity index (χ1) is 46.8. The second kappa shape index (κ2) is 54.1. The zero-order valence-electron chi connectivity index (χ0n) is 59.1. The van der Waals surface area contributed by atoms with Gasteiger partial charge in [0, 0.05) is 19.3 Å². The summed E-state index contributed by atoms with van der Waals surface area (Å²) < 4.78 is 64.9. The van der Waals surface area contributed by atoms with Gasteiger partial charge in [0.25, 0.3) is 0 Å². The number of phosphoric acid groups is 1. The number of aliphatic hydroxyl groups is 10. The number of esters is 3. The zero-order valence-corrected chi connectivity index (χ0v) is 60.0. The molecule has 3 fully saturated rings. The predicted molar refractivity (Wildman–Crippen MR) is 365 cm³/mol. The Labute approximate surface area is 579 Å². The number of allylic oxidation sites excluding steroid dienone is 4. The monoisotopic (exact) mass is 1410 g/mol. The van der Waals surface area contributed by atoms with Crippen LogP contribution in [-0.4, -0.2) is 204 Å². The summed E-state index contributed by atoms with van der Waals surface area (Å²) in [6.07, 6.45) is 14.0. The smallest absolute Gasteiger partial charge is 0.463 e. The van der Waals surface area contributed by atoms with E-state index in [1.807, 2.05) is 0 Å². The summed E-state index contributed by atoms with van der Waals surface area (Å²) in [5.41, 5.74) is 0. The van der Waals surface area contributed by atoms with Crippen LogP contribution in [0.2, 0.25) is 0 Å². The molecule has 25 heteroatoms. The number of carbonyl (C=O) groups is 3. The van der Waals surface area contributed by atoms with Crippen molar-refractivity contribution in [3.05, 3.63) is 24.3 Å². The summed E-state index contributed by atoms with van der Waals surface area (Å²) in [5, 5.41) is 110. The van der Waals surface area contributed by atoms with Crippen LogP contribution in [0, 0.1) is 0 Å². The van der Waals surface area contributed by atoms with Crippen LogP contribution in [0.3, 0.4) is 0 Å². The molecule has 0 bridgehead atoms. The number of phosphoric ester groups is 1. The van der Waals surface area contributed by atoms with E-state index in [1.54, 1.807) is 0 Å². The molecule has 18 unspecified atom stereocenters. The first kappa shape index (κ1) is 88.7. The van der Waals surface area contributed by atoms with Gasteiger partial charge in [-0.1, -0.05) is 218 Å². The lowest BCUT2D eigenvalue weighted by Crippen LogP contribution is -2.69. The van der Waals surface area contributed by atoms with Crippen molar-refractivity contribution in [2.75, 3.05) is 26.4 Å². The SMILES string of the molecule is CCCCCCCC/C=C\CCCCCC(=O)OCC(COP(=O)(O)OC1C(OC2OC(CO)C(O)C(O)C2O)C(O)C(O)C(O)C1OC1OC(COC(=O)CCCCCCCCCCCCCCCCCC)C(O)C(O)C1O)OC(=O)CCCCC/C=C\CCCCCCCC. The average Bonchev–Trinajstić information content (AvgIpc) is 0.763. The summed E-state index contributed by atoms with van der Waals surface area (Å²) in [5.74, 6) is -2.03. The number of aliphatic hydroxyl groups excluding tert-OH is 10. The lowest BCUT2D eigenvalue weighted by molar-refractivity contribution is -0.360. The highest BCUT2D eigenvalue weighted by Crippen LogP contribution is 2.49. The molecule has 0 spiro atoms. The van der Waals surface area contributed by atoms with E-state index in [-0.39, 0.29) is 19.3 Å². The zero-order chi connectivity index (χ0) is 71.1. The van der Waals surface area contributed by atoms with Crippen molar-refractivity contribution in [3.8, 4) is 0 Å². The van der Waals surface area contributed by atoms with Crippen LogP contribution in [0.5, 0.6) is 0 Å². The van der Waals surface area contributed by atoms with Crippen LogP contribution in [0.4, 0.5) is 0 Å². The van der Waals surface area contributed by atoms with E-state index in [0.717, 1.165) is 89.9 Å². The third-order valence-electron chi connectivity index (χ3n) is 18.5. The minimum Gasteiger partial charge on any atom is -0.463 e. The maximum absolute atomic E-state index is 14.3. The van der Waals surface area contributed by atoms with E-state index in [0.29, 0.717) is 25.7 Å². The lowest BCUT2D eigenvalue weighted by Gasteiger charge is -2.49. The molecule has 0 aromatic heterocycles. The van der Waals surface area contributed by atoms with Crippen molar-refractivity contribution in [3.63, 3.8) is 0 Å². The summed E-state index contributed by atoms with van der Waals surface area (Å²) in [6.45, 7) is 3.40. The highest BCUT2D eigenvalue weighted by molar-refractivity contribution is 7.47. The molecule has 3 rings (SSSR count). The molecule has 18 atom stereocenters. The summed E-state index contributed by atoms with van der Waals surface area (Å²) in [6, 6.07) is 0. The third kappa shape index (κ3) is 37.4. The van der Waals surface area contributed by atoms with Crippen LogP contribution in [0.25, 0.3) is 0 Å². The highest BCUT2D eigenvalue weighted by Gasteiger charge is 2.58. The Kier molecular flexibility index (Phi) is 49.5. The van der Waals surface area contributed by atoms with E-state index in [2.05, 4.69) is 45.1 Å². The molecule has 3 aliphatic rings. The third-order valence-corrected chi connectivity index (χ3v) is 19.4. The van der Waals surface area contributed by atoms with Gasteiger partial charge in [0.2, 0.25) is 0 Å². The molecule has 2 aliphatic heterocycles. The van der Waals surface area contributed by atoms with Gasteiger partial charge in [0.15, 0.2) is 18.7 Å². The number of rotatable bonds is 58. The van der Waals surface area contributed by atoms with Gasteiger partial charge in [-0.3, -0.25) is 23.4 Å². The van der Waals surface area contributed by atoms with Gasteiger partial charge in [-0.2, -0.15) is 0 Å². The number of hydrogen-bond donors (Lipinski definition) is 11. The Hall–Kier alpha value is -2.56. The summed E-state index contributed by atoms with van der Waals surface area (Å²) >= 11 is 0. The van der Waals surface area contributed by atoms with Crippen molar-refractivity contribution in [1.29, 1.82) is 0 Å². The molecule has 568 valence electrons. The Morgan fingerprint density at radius 2 is 0.722 bits per heavy atom. The topological polar surface area (TPSA) is 374 Å². The summed E-state index contributed by atoms with van der Waals surface area (Å²) in [4.78, 5) is 50.9. The Morgan fingerprint density at radius 1 is 0.392 bits per heavy atom. The minimum atomic E-state index is -5.70. The van der Waals surface area contributed by atoms with Gasteiger partial charge in [-0.25, -0.2) is 4.57 Å². The second-order valence-electron chi connectivity index (χ2n) is 27.0. The molecule has 24 nitrogen and oxygen atoms in total. The first-order valence-electron chi connectivity index (χ1n) is 37.6. The van der Waals surface area contributed by atoms with Gasteiger partial charge >= 0.3 is 25.7 Å². The molecule has 1 aliphatic carbocycles. The van der Waals surface area contributed by atoms with Crippen LogP contribution < -0.4 is 0 Å². The molecular weight excluding hydrogens is 1280 g/mol. The predicted octanol–water partition coefficient (Wildman–Crippen LogP) is 10.1. The molecule has 2 heterocycles. The molecule has 97 heavy (non-hydrogen) atoms. The number of carbonyl (C=O) groups excluding carboxylic acids is 3. The summed E-state index contributed by atoms with van der Waals surface area (Å²) in [7, 11) is -5.70. The molecule has 0 radical (unpaired) electrons. The molecule has 0 aromatic rings. The Morgan fingerprint density at radius 3 is 1.12 bits per heavy atom. The largest absolute Gasteiger partial charge is 0.472 e. The van der Waals surface area contributed by atoms with Gasteiger partial charge in [0.05, 0.1) is 13.2 Å². The molecule has 2 saturated heterocycles. The fourth-order valence-electron chi connectivity index (χ4n) is 12.3. The number of unbranched alkanes of at least 4 members (excludes halogenated alkanes) is 33. The van der Waals surface area contributed by atoms with Gasteiger partial charge in [-0.15, -0.1) is 0 Å². The minimum absolute atomic E-state index is 0.0221. The fraction of sp³-hybridized carbons (Fsp3) is 0.903. The van der Waals surface area contributed by atoms with Gasteiger partial charge < -0.3 is 89.1 Å². The quantitative estimate of drug-likeness (QED) is 0.00886. The average molecular weight is 1410 g/mol. The molecular formula is C72H131O24P. The highest BCUT2D eigenvalue weighted by atomic mass is 31.2. The molecule has 0 amide bonds. The van der Waals surface area contributed by atoms with Crippen molar-refractivity contribution in [1.82, 2.24) is 0 Å². The molecule has 11 N–H and O–H groups in total. The van der Waals surface area contributed by atoms with Crippen molar-refractivity contribution >= 4 is 25.7 Å². The van der Waals surface area contributed by atoms with Gasteiger partial charge in [0.1, 0.15) is 98.7 Å². The van der Waals surface area contributed by atoms with Crippen LogP contribution >= 0.6 is 7.82 Å². The number of ether oxygens (including phenoxy) is 7. The number of hydrogen-bond acceptors (Lipinski definition) is 23. The Balaban J connectivity index is 1.73. The van der Waals surface area contributed by atoms with Crippen molar-refractivity contribution < 1.29 is 117 Å². The van der Waals surface area contributed by atoms with E-state index < -0.39 is 156 Å². The fourth-order valence-corrected chi connectivity index (χ4v) is 13.2. The van der Waals surface area contributed by atoms with Crippen molar-refractivity contribution in [2.45, 2.75) is 388 Å². The normalized spacial score (nSPS) is 27.9. The van der Waals surface area contributed by atoms with Crippen LogP contribution in [0.1, 0.15) is 284 Å². The maximum atomic E-state index is 14.3. The first-order valence-corrected chi connectivity index (χ1v) is 39.1. The second-order valence-corrected chi connectivity index (χ2v) is 28.4. The van der Waals surface area contributed by atoms with E-state index in [1.165, 1.54) is 128 Å². The van der Waals surface area contributed by atoms with Crippen LogP contribution in [-0.2, 0) is 61.2 Å². The van der Waals surface area contributed by atoms with Crippen LogP contribution in [0.15, 0.2) is 24.3 Å². The van der Waals surface area contributed by atoms with Gasteiger partial charge in [-0.05, 0) is 70.6 Å². The van der Waals surface area contributed by atoms with Crippen molar-refractivity contribution in [2.24, 2.45) is 0 Å². The maximum Gasteiger partial charge on any atom is 0.472 e. The lowest BCUT2D eigenvalue weighted by atomic mass is 9.84. The molecule has 1 saturated carbocycles. The Bertz CT molecular complexity index is 2110. The van der Waals surface area contributed by atoms with E-state index >= 15 is 0 Å². The standard InChI is InChI=1S/C72H131O24P/c1-4-7-10-13-16-19-22-25-26-27-30-32-35-38-41-44-47-57(75)89-52-55-60(78)62(80)67(85)72(93-55)95-69-65(83)63(81)64(82)68(94-71-66(84)61(79)59(77)54(49-73)92-71)70(69)96-97(86,87)90-51-53(91-58(76)48-45-42-39-36-33-29-24-21-18-15-12-9-6-3)50-88-56(74)46-43-40-37-34-31-28-23-20-17-14-11-8-5-2/h28-29,31,33,53-55,59-73,77-85H,4-27,30,32,34-52H2,1-3H3,(H,86,87)/b31-28-,33-29-. The molecule has 0 aromatic carbocycles. The van der Waals surface area contributed by atoms with E-state index in [9.17, 15) is 74.9 Å².